The Labute approximate surface area is 134 Å². The number of anilines is 1. The molecule has 0 heterocycles. The number of carbonyl (C=O) groups excluding carboxylic acids is 2. The Hall–Kier alpha value is -1.95. The minimum atomic E-state index is -0.697. The second-order valence-corrected chi connectivity index (χ2v) is 5.31. The average molecular weight is 329 g/mol. The van der Waals surface area contributed by atoms with Crippen molar-refractivity contribution in [3.63, 3.8) is 0 Å². The maximum absolute atomic E-state index is 12.0. The van der Waals surface area contributed by atoms with Crippen molar-refractivity contribution in [3.8, 4) is 5.75 Å². The number of rotatable bonds is 7. The molecule has 1 aromatic carbocycles. The van der Waals surface area contributed by atoms with Crippen LogP contribution in [-0.2, 0) is 9.53 Å². The molecule has 22 heavy (non-hydrogen) atoms. The third-order valence-corrected chi connectivity index (χ3v) is 3.33. The van der Waals surface area contributed by atoms with Gasteiger partial charge in [-0.1, -0.05) is 24.9 Å². The van der Waals surface area contributed by atoms with E-state index in [0.717, 1.165) is 12.8 Å². The molecule has 0 aliphatic heterocycles. The van der Waals surface area contributed by atoms with Crippen LogP contribution in [0.15, 0.2) is 12.1 Å². The normalized spacial score (nSPS) is 11.6. The van der Waals surface area contributed by atoms with Crippen LogP contribution < -0.4 is 15.8 Å². The number of amides is 1. The van der Waals surface area contributed by atoms with Gasteiger partial charge in [0.05, 0.1) is 17.8 Å². The Morgan fingerprint density at radius 2 is 2.09 bits per heavy atom. The summed E-state index contributed by atoms with van der Waals surface area (Å²) in [6.07, 6.45) is 1.82. The molecule has 0 spiro atoms. The van der Waals surface area contributed by atoms with Gasteiger partial charge in [-0.25, -0.2) is 4.79 Å². The first-order chi connectivity index (χ1) is 10.4. The third kappa shape index (κ3) is 5.11. The number of ether oxygens (including phenoxy) is 2. The Morgan fingerprint density at radius 1 is 1.41 bits per heavy atom. The van der Waals surface area contributed by atoms with E-state index in [1.54, 1.807) is 0 Å². The summed E-state index contributed by atoms with van der Waals surface area (Å²) < 4.78 is 10.0. The molecule has 0 saturated heterocycles. The summed E-state index contributed by atoms with van der Waals surface area (Å²) in [5, 5.41) is 2.96. The monoisotopic (exact) mass is 328 g/mol. The number of nitrogens with one attached hydrogen (secondary N) is 1. The number of carbonyl (C=O) groups is 2. The summed E-state index contributed by atoms with van der Waals surface area (Å²) in [6, 6.07) is 2.83. The lowest BCUT2D eigenvalue weighted by molar-refractivity contribution is -0.124. The van der Waals surface area contributed by atoms with Crippen molar-refractivity contribution in [3.05, 3.63) is 22.7 Å². The van der Waals surface area contributed by atoms with Crippen molar-refractivity contribution >= 4 is 29.2 Å². The number of halogens is 1. The highest BCUT2D eigenvalue weighted by molar-refractivity contribution is 6.33. The second-order valence-electron chi connectivity index (χ2n) is 4.91. The molecule has 0 radical (unpaired) electrons. The quantitative estimate of drug-likeness (QED) is 0.592. The van der Waals surface area contributed by atoms with Gasteiger partial charge < -0.3 is 20.5 Å². The summed E-state index contributed by atoms with van der Waals surface area (Å²) in [5.74, 6) is -0.807. The predicted molar refractivity (Wildman–Crippen MR) is 85.2 cm³/mol. The fraction of sp³-hybridized carbons (Fsp3) is 0.467. The topological polar surface area (TPSA) is 90.7 Å². The van der Waals surface area contributed by atoms with Crippen molar-refractivity contribution < 1.29 is 19.1 Å². The molecule has 1 rings (SSSR count). The van der Waals surface area contributed by atoms with Gasteiger partial charge >= 0.3 is 5.97 Å². The molecule has 1 atom stereocenters. The van der Waals surface area contributed by atoms with E-state index in [9.17, 15) is 9.59 Å². The summed E-state index contributed by atoms with van der Waals surface area (Å²) in [6.45, 7) is 3.56. The van der Waals surface area contributed by atoms with Gasteiger partial charge in [-0.3, -0.25) is 4.79 Å². The van der Waals surface area contributed by atoms with E-state index in [1.807, 2.05) is 13.8 Å². The highest BCUT2D eigenvalue weighted by Crippen LogP contribution is 2.29. The second kappa shape index (κ2) is 8.48. The first kappa shape index (κ1) is 18.1. The minimum Gasteiger partial charge on any atom is -0.496 e. The van der Waals surface area contributed by atoms with Crippen LogP contribution in [0, 0.1) is 0 Å². The lowest BCUT2D eigenvalue weighted by Gasteiger charge is -2.13. The molecule has 0 saturated carbocycles. The van der Waals surface area contributed by atoms with Gasteiger partial charge in [0, 0.05) is 12.1 Å². The first-order valence-electron chi connectivity index (χ1n) is 6.98. The van der Waals surface area contributed by atoms with Crippen molar-refractivity contribution in [2.75, 3.05) is 19.5 Å². The predicted octanol–water partition coefficient (Wildman–Crippen LogP) is 2.39. The van der Waals surface area contributed by atoms with Crippen LogP contribution in [0.1, 0.15) is 37.0 Å². The summed E-state index contributed by atoms with van der Waals surface area (Å²) in [4.78, 5) is 23.7. The zero-order valence-electron chi connectivity index (χ0n) is 12.9. The van der Waals surface area contributed by atoms with Crippen LogP contribution in [0.5, 0.6) is 5.75 Å². The van der Waals surface area contributed by atoms with E-state index in [0.29, 0.717) is 5.69 Å². The molecule has 0 fully saturated rings. The van der Waals surface area contributed by atoms with Crippen LogP contribution in [-0.4, -0.2) is 31.6 Å². The van der Waals surface area contributed by atoms with Gasteiger partial charge in [0.2, 0.25) is 0 Å². The highest BCUT2D eigenvalue weighted by atomic mass is 35.5. The van der Waals surface area contributed by atoms with Crippen molar-refractivity contribution in [2.24, 2.45) is 0 Å². The summed E-state index contributed by atoms with van der Waals surface area (Å²) in [7, 11) is 1.40. The molecular formula is C15H21ClN2O4. The molecule has 1 aromatic rings. The zero-order valence-corrected chi connectivity index (χ0v) is 13.7. The molecule has 1 amide bonds. The van der Waals surface area contributed by atoms with Gasteiger partial charge in [-0.15, -0.1) is 0 Å². The number of esters is 1. The van der Waals surface area contributed by atoms with E-state index < -0.39 is 5.97 Å². The Morgan fingerprint density at radius 3 is 2.68 bits per heavy atom. The van der Waals surface area contributed by atoms with Gasteiger partial charge in [-0.2, -0.15) is 0 Å². The van der Waals surface area contributed by atoms with Crippen LogP contribution in [0.25, 0.3) is 0 Å². The van der Waals surface area contributed by atoms with Crippen molar-refractivity contribution in [2.45, 2.75) is 32.7 Å². The largest absolute Gasteiger partial charge is 0.496 e. The summed E-state index contributed by atoms with van der Waals surface area (Å²) in [5.41, 5.74) is 6.06. The van der Waals surface area contributed by atoms with Crippen LogP contribution in [0.3, 0.4) is 0 Å². The van der Waals surface area contributed by atoms with Crippen LogP contribution >= 0.6 is 11.6 Å². The highest BCUT2D eigenvalue weighted by Gasteiger charge is 2.18. The smallest absolute Gasteiger partial charge is 0.342 e. The van der Waals surface area contributed by atoms with E-state index in [4.69, 9.17) is 26.8 Å². The number of hydrogen-bond acceptors (Lipinski definition) is 5. The lowest BCUT2D eigenvalue weighted by atomic mass is 10.2. The molecule has 0 bridgehead atoms. The molecule has 122 valence electrons. The summed E-state index contributed by atoms with van der Waals surface area (Å²) >= 11 is 5.89. The maximum Gasteiger partial charge on any atom is 0.342 e. The number of hydrogen-bond donors (Lipinski definition) is 2. The standard InChI is InChI=1S/C15H21ClN2O4/c1-4-5-9(2)18-14(19)8-22-15(20)10-6-11(16)12(17)7-13(10)21-3/h6-7,9H,4-5,8,17H2,1-3H3,(H,18,19). The molecule has 6 nitrogen and oxygen atoms in total. The Bertz CT molecular complexity index is 549. The van der Waals surface area contributed by atoms with E-state index in [1.165, 1.54) is 19.2 Å². The zero-order chi connectivity index (χ0) is 16.7. The van der Waals surface area contributed by atoms with E-state index in [-0.39, 0.29) is 34.9 Å². The molecule has 0 aromatic heterocycles. The number of nitrogens with two attached hydrogens (primary N) is 1. The number of methoxy groups -OCH3 is 1. The number of benzene rings is 1. The van der Waals surface area contributed by atoms with Crippen LogP contribution in [0.4, 0.5) is 5.69 Å². The molecular weight excluding hydrogens is 308 g/mol. The van der Waals surface area contributed by atoms with Crippen molar-refractivity contribution in [1.82, 2.24) is 5.32 Å². The molecule has 7 heteroatoms. The first-order valence-corrected chi connectivity index (χ1v) is 7.36. The lowest BCUT2D eigenvalue weighted by Crippen LogP contribution is -2.35. The molecule has 0 aliphatic carbocycles. The number of nitrogen functional groups attached to an aromatic ring is 1. The fourth-order valence-corrected chi connectivity index (χ4v) is 2.09. The third-order valence-electron chi connectivity index (χ3n) is 3.00. The van der Waals surface area contributed by atoms with E-state index >= 15 is 0 Å². The maximum atomic E-state index is 12.0. The average Bonchev–Trinajstić information content (AvgIpc) is 2.47. The van der Waals surface area contributed by atoms with Gasteiger partial charge in [-0.05, 0) is 19.4 Å². The molecule has 1 unspecified atom stereocenters. The van der Waals surface area contributed by atoms with Crippen LogP contribution in [0.2, 0.25) is 5.02 Å². The van der Waals surface area contributed by atoms with Gasteiger partial charge in [0.25, 0.3) is 5.91 Å². The Balaban J connectivity index is 2.66. The van der Waals surface area contributed by atoms with Gasteiger partial charge in [0.1, 0.15) is 11.3 Å². The molecule has 0 aliphatic rings. The molecule has 3 N–H and O–H groups in total. The van der Waals surface area contributed by atoms with Crippen molar-refractivity contribution in [1.29, 1.82) is 0 Å². The fourth-order valence-electron chi connectivity index (χ4n) is 1.93. The SMILES string of the molecule is CCCC(C)NC(=O)COC(=O)c1cc(Cl)c(N)cc1OC. The minimum absolute atomic E-state index is 0.0386. The Kier molecular flexibility index (Phi) is 6.98. The van der Waals surface area contributed by atoms with Gasteiger partial charge in [0.15, 0.2) is 6.61 Å². The van der Waals surface area contributed by atoms with E-state index in [2.05, 4.69) is 5.32 Å².